The molecule has 0 radical (unpaired) electrons. The first-order valence-electron chi connectivity index (χ1n) is 9.69. The van der Waals surface area contributed by atoms with Gasteiger partial charge in [0.15, 0.2) is 0 Å². The molecule has 0 saturated heterocycles. The molecule has 0 aromatic heterocycles. The van der Waals surface area contributed by atoms with Gasteiger partial charge >= 0.3 is 5.97 Å². The molecule has 2 aromatic carbocycles. The highest BCUT2D eigenvalue weighted by Crippen LogP contribution is 2.33. The second-order valence-corrected chi connectivity index (χ2v) is 7.33. The first-order chi connectivity index (χ1) is 14.0. The summed E-state index contributed by atoms with van der Waals surface area (Å²) in [7, 11) is 5.45. The van der Waals surface area contributed by atoms with Crippen LogP contribution in [-0.2, 0) is 16.1 Å². The number of unbranched alkanes of at least 4 members (excludes halogenated alkanes) is 1. The number of anilines is 2. The zero-order chi connectivity index (χ0) is 20.8. The summed E-state index contributed by atoms with van der Waals surface area (Å²) in [5.41, 5.74) is 4.94. The van der Waals surface area contributed by atoms with Crippen LogP contribution >= 0.6 is 0 Å². The number of methoxy groups -OCH3 is 1. The number of nitrogens with zero attached hydrogens (tertiary/aromatic N) is 1. The van der Waals surface area contributed by atoms with Gasteiger partial charge in [-0.15, -0.1) is 0 Å². The Hall–Kier alpha value is -3.12. The molecule has 2 aromatic rings. The lowest BCUT2D eigenvalue weighted by molar-refractivity contribution is -0.110. The van der Waals surface area contributed by atoms with Crippen molar-refractivity contribution in [1.29, 1.82) is 0 Å². The Labute approximate surface area is 171 Å². The Morgan fingerprint density at radius 1 is 1.17 bits per heavy atom. The Morgan fingerprint density at radius 3 is 2.62 bits per heavy atom. The second kappa shape index (κ2) is 9.39. The van der Waals surface area contributed by atoms with Crippen molar-refractivity contribution in [2.45, 2.75) is 19.4 Å². The fourth-order valence-electron chi connectivity index (χ4n) is 3.32. The molecule has 0 spiro atoms. The molecule has 1 amide bonds. The number of carbonyl (C=O) groups is 2. The zero-order valence-electron chi connectivity index (χ0n) is 17.1. The van der Waals surface area contributed by atoms with Crippen molar-refractivity contribution in [3.05, 3.63) is 65.2 Å². The van der Waals surface area contributed by atoms with E-state index in [1.807, 2.05) is 6.08 Å². The maximum absolute atomic E-state index is 12.3. The van der Waals surface area contributed by atoms with Crippen LogP contribution in [0.4, 0.5) is 11.4 Å². The molecular weight excluding hydrogens is 366 g/mol. The molecule has 6 nitrogen and oxygen atoms in total. The molecule has 0 fully saturated rings. The first-order valence-corrected chi connectivity index (χ1v) is 9.69. The Balaban J connectivity index is 1.52. The van der Waals surface area contributed by atoms with E-state index in [9.17, 15) is 9.59 Å². The summed E-state index contributed by atoms with van der Waals surface area (Å²) >= 11 is 0. The van der Waals surface area contributed by atoms with Gasteiger partial charge in [-0.1, -0.05) is 24.3 Å². The number of rotatable bonds is 8. The standard InChI is InChI=1S/C23H27N3O3/c1-26(2)15-16-7-10-18(11-8-16)24-13-5-4-6-20-19-12-9-17(23(28)29-3)14-21(19)25-22(20)27/h6-12,14,24H,4-5,13,15H2,1-3H3,(H,25,27)/b20-6-. The van der Waals surface area contributed by atoms with Crippen molar-refractivity contribution < 1.29 is 14.3 Å². The topological polar surface area (TPSA) is 70.7 Å². The molecule has 0 bridgehead atoms. The fourth-order valence-corrected chi connectivity index (χ4v) is 3.32. The van der Waals surface area contributed by atoms with Gasteiger partial charge in [-0.25, -0.2) is 4.79 Å². The van der Waals surface area contributed by atoms with Crippen molar-refractivity contribution in [3.8, 4) is 0 Å². The number of nitrogens with one attached hydrogen (secondary N) is 2. The van der Waals surface area contributed by atoms with E-state index in [1.165, 1.54) is 12.7 Å². The third-order valence-corrected chi connectivity index (χ3v) is 4.73. The lowest BCUT2D eigenvalue weighted by Gasteiger charge is -2.11. The molecular formula is C23H27N3O3. The molecule has 0 unspecified atom stereocenters. The molecule has 1 aliphatic heterocycles. The van der Waals surface area contributed by atoms with E-state index in [4.69, 9.17) is 4.74 Å². The summed E-state index contributed by atoms with van der Waals surface area (Å²) in [5.74, 6) is -0.549. The van der Waals surface area contributed by atoms with Crippen LogP contribution in [0, 0.1) is 0 Å². The molecule has 6 heteroatoms. The van der Waals surface area contributed by atoms with Crippen molar-refractivity contribution >= 4 is 28.8 Å². The predicted octanol–water partition coefficient (Wildman–Crippen LogP) is 3.76. The van der Waals surface area contributed by atoms with Crippen LogP contribution in [0.25, 0.3) is 5.57 Å². The lowest BCUT2D eigenvalue weighted by Crippen LogP contribution is -2.10. The molecule has 29 heavy (non-hydrogen) atoms. The number of benzene rings is 2. The molecule has 1 aliphatic rings. The van der Waals surface area contributed by atoms with Crippen LogP contribution in [0.5, 0.6) is 0 Å². The highest BCUT2D eigenvalue weighted by atomic mass is 16.5. The lowest BCUT2D eigenvalue weighted by atomic mass is 10.0. The van der Waals surface area contributed by atoms with Crippen LogP contribution < -0.4 is 10.6 Å². The summed E-state index contributed by atoms with van der Waals surface area (Å²) in [6.07, 6.45) is 3.65. The van der Waals surface area contributed by atoms with Gasteiger partial charge in [-0.3, -0.25) is 4.79 Å². The van der Waals surface area contributed by atoms with Gasteiger partial charge in [0, 0.05) is 35.6 Å². The van der Waals surface area contributed by atoms with Crippen molar-refractivity contribution in [2.24, 2.45) is 0 Å². The second-order valence-electron chi connectivity index (χ2n) is 7.33. The van der Waals surface area contributed by atoms with Gasteiger partial charge in [0.1, 0.15) is 0 Å². The minimum absolute atomic E-state index is 0.133. The summed E-state index contributed by atoms with van der Waals surface area (Å²) in [5, 5.41) is 6.23. The third-order valence-electron chi connectivity index (χ3n) is 4.73. The Morgan fingerprint density at radius 2 is 1.93 bits per heavy atom. The van der Waals surface area contributed by atoms with Gasteiger partial charge in [-0.05, 0) is 56.8 Å². The van der Waals surface area contributed by atoms with Gasteiger partial charge in [0.2, 0.25) is 0 Å². The maximum atomic E-state index is 12.3. The number of hydrogen-bond acceptors (Lipinski definition) is 5. The Kier molecular flexibility index (Phi) is 6.67. The third kappa shape index (κ3) is 5.23. The van der Waals surface area contributed by atoms with Crippen molar-refractivity contribution in [1.82, 2.24) is 4.90 Å². The number of fused-ring (bicyclic) bond motifs is 1. The summed E-state index contributed by atoms with van der Waals surface area (Å²) < 4.78 is 4.73. The van der Waals surface area contributed by atoms with Crippen LogP contribution in [0.15, 0.2) is 48.5 Å². The Bertz CT molecular complexity index is 917. The molecule has 3 rings (SSSR count). The monoisotopic (exact) mass is 393 g/mol. The number of esters is 1. The average Bonchev–Trinajstić information content (AvgIpc) is 3.02. The van der Waals surface area contributed by atoms with E-state index >= 15 is 0 Å². The van der Waals surface area contributed by atoms with Gasteiger partial charge < -0.3 is 20.3 Å². The smallest absolute Gasteiger partial charge is 0.337 e. The largest absolute Gasteiger partial charge is 0.465 e. The zero-order valence-corrected chi connectivity index (χ0v) is 17.1. The molecule has 1 heterocycles. The van der Waals surface area contributed by atoms with Crippen LogP contribution in [0.3, 0.4) is 0 Å². The molecule has 152 valence electrons. The van der Waals surface area contributed by atoms with Crippen molar-refractivity contribution in [2.75, 3.05) is 38.4 Å². The fraction of sp³-hybridized carbons (Fsp3) is 0.304. The number of hydrogen-bond donors (Lipinski definition) is 2. The number of allylic oxidation sites excluding steroid dienone is 1. The van der Waals surface area contributed by atoms with Gasteiger partial charge in [0.25, 0.3) is 5.91 Å². The summed E-state index contributed by atoms with van der Waals surface area (Å²) in [6.45, 7) is 1.76. The molecule has 0 atom stereocenters. The number of ether oxygens (including phenoxy) is 1. The van der Waals surface area contributed by atoms with E-state index in [2.05, 4.69) is 53.9 Å². The predicted molar refractivity (Wildman–Crippen MR) is 116 cm³/mol. The minimum Gasteiger partial charge on any atom is -0.465 e. The average molecular weight is 393 g/mol. The summed E-state index contributed by atoms with van der Waals surface area (Å²) in [6, 6.07) is 13.6. The van der Waals surface area contributed by atoms with Crippen molar-refractivity contribution in [3.63, 3.8) is 0 Å². The van der Waals surface area contributed by atoms with Crippen LogP contribution in [-0.4, -0.2) is 44.5 Å². The van der Waals surface area contributed by atoms with E-state index in [-0.39, 0.29) is 5.91 Å². The maximum Gasteiger partial charge on any atom is 0.337 e. The van der Waals surface area contributed by atoms with E-state index in [0.717, 1.165) is 37.2 Å². The van der Waals surface area contributed by atoms with Gasteiger partial charge in [0.05, 0.1) is 12.7 Å². The minimum atomic E-state index is -0.416. The van der Waals surface area contributed by atoms with Crippen LogP contribution in [0.1, 0.15) is 34.3 Å². The van der Waals surface area contributed by atoms with E-state index < -0.39 is 5.97 Å². The first kappa shape index (κ1) is 20.6. The molecule has 0 aliphatic carbocycles. The number of carbonyl (C=O) groups excluding carboxylic acids is 2. The quantitative estimate of drug-likeness (QED) is 0.406. The highest BCUT2D eigenvalue weighted by molar-refractivity contribution is 6.31. The van der Waals surface area contributed by atoms with E-state index in [1.54, 1.807) is 18.2 Å². The normalized spacial score (nSPS) is 14.1. The van der Waals surface area contributed by atoms with Gasteiger partial charge in [-0.2, -0.15) is 0 Å². The molecule has 0 saturated carbocycles. The highest BCUT2D eigenvalue weighted by Gasteiger charge is 2.24. The van der Waals surface area contributed by atoms with Crippen LogP contribution in [0.2, 0.25) is 0 Å². The summed E-state index contributed by atoms with van der Waals surface area (Å²) in [4.78, 5) is 26.0. The molecule has 2 N–H and O–H groups in total. The van der Waals surface area contributed by atoms with E-state index in [0.29, 0.717) is 16.8 Å². The number of amides is 1. The SMILES string of the molecule is COC(=O)c1ccc2c(c1)NC(=O)/C2=C\CCCNc1ccc(CN(C)C)cc1.